The summed E-state index contributed by atoms with van der Waals surface area (Å²) in [6.07, 6.45) is 4.17. The smallest absolute Gasteiger partial charge is 0.236 e. The molecule has 1 amide bonds. The first-order valence-electron chi connectivity index (χ1n) is 8.01. The lowest BCUT2D eigenvalue weighted by Crippen LogP contribution is -2.50. The standard InChI is InChI=1S/C16H23BrN4O/c1-13-10-14(17)11-18-16(13)21-8-6-19(7-9-21)12-15(22)20-4-2-3-5-20/h10-11H,2-9,12H2,1H3. The van der Waals surface area contributed by atoms with Crippen molar-refractivity contribution in [2.24, 2.45) is 0 Å². The van der Waals surface area contributed by atoms with Gasteiger partial charge in [-0.3, -0.25) is 9.69 Å². The van der Waals surface area contributed by atoms with E-state index in [9.17, 15) is 4.79 Å². The van der Waals surface area contributed by atoms with E-state index in [0.29, 0.717) is 12.5 Å². The molecule has 0 saturated carbocycles. The second-order valence-electron chi connectivity index (χ2n) is 6.15. The fourth-order valence-corrected chi connectivity index (χ4v) is 3.69. The maximum absolute atomic E-state index is 12.2. The van der Waals surface area contributed by atoms with Crippen LogP contribution in [0.15, 0.2) is 16.7 Å². The summed E-state index contributed by atoms with van der Waals surface area (Å²) in [5, 5.41) is 0. The van der Waals surface area contributed by atoms with Crippen LogP contribution in [0, 0.1) is 6.92 Å². The summed E-state index contributed by atoms with van der Waals surface area (Å²) in [4.78, 5) is 23.3. The number of carbonyl (C=O) groups excluding carboxylic acids is 1. The molecule has 2 aliphatic heterocycles. The third-order valence-electron chi connectivity index (χ3n) is 4.51. The number of pyridine rings is 1. The molecule has 120 valence electrons. The lowest BCUT2D eigenvalue weighted by molar-refractivity contribution is -0.131. The average molecular weight is 367 g/mol. The molecule has 2 fully saturated rings. The van der Waals surface area contributed by atoms with Crippen molar-refractivity contribution in [3.63, 3.8) is 0 Å². The van der Waals surface area contributed by atoms with Gasteiger partial charge in [-0.2, -0.15) is 0 Å². The number of nitrogens with zero attached hydrogens (tertiary/aromatic N) is 4. The third-order valence-corrected chi connectivity index (χ3v) is 4.94. The zero-order valence-corrected chi connectivity index (χ0v) is 14.7. The van der Waals surface area contributed by atoms with Gasteiger partial charge in [0.25, 0.3) is 0 Å². The Morgan fingerprint density at radius 3 is 2.50 bits per heavy atom. The molecular weight excluding hydrogens is 344 g/mol. The van der Waals surface area contributed by atoms with Gasteiger partial charge in [0.15, 0.2) is 0 Å². The van der Waals surface area contributed by atoms with Crippen LogP contribution in [0.2, 0.25) is 0 Å². The molecule has 2 aliphatic rings. The predicted octanol–water partition coefficient (Wildman–Crippen LogP) is 1.90. The Bertz CT molecular complexity index is 537. The van der Waals surface area contributed by atoms with E-state index in [2.05, 4.69) is 43.7 Å². The van der Waals surface area contributed by atoms with Gasteiger partial charge in [-0.05, 0) is 47.3 Å². The highest BCUT2D eigenvalue weighted by Gasteiger charge is 2.24. The van der Waals surface area contributed by atoms with E-state index in [4.69, 9.17) is 0 Å². The van der Waals surface area contributed by atoms with Crippen LogP contribution < -0.4 is 4.90 Å². The SMILES string of the molecule is Cc1cc(Br)cnc1N1CCN(CC(=O)N2CCCC2)CC1. The lowest BCUT2D eigenvalue weighted by Gasteiger charge is -2.36. The molecule has 1 aromatic heterocycles. The number of carbonyl (C=O) groups is 1. The summed E-state index contributed by atoms with van der Waals surface area (Å²) < 4.78 is 1.02. The number of piperazine rings is 1. The molecule has 1 aromatic rings. The van der Waals surface area contributed by atoms with Crippen molar-refractivity contribution < 1.29 is 4.79 Å². The molecule has 0 atom stereocenters. The van der Waals surface area contributed by atoms with Gasteiger partial charge in [-0.1, -0.05) is 0 Å². The predicted molar refractivity (Wildman–Crippen MR) is 91.1 cm³/mol. The topological polar surface area (TPSA) is 39.7 Å². The van der Waals surface area contributed by atoms with Gasteiger partial charge in [0.2, 0.25) is 5.91 Å². The largest absolute Gasteiger partial charge is 0.354 e. The molecule has 3 heterocycles. The fourth-order valence-electron chi connectivity index (χ4n) is 3.24. The van der Waals surface area contributed by atoms with E-state index >= 15 is 0 Å². The van der Waals surface area contributed by atoms with E-state index < -0.39 is 0 Å². The number of hydrogen-bond donors (Lipinski definition) is 0. The number of hydrogen-bond acceptors (Lipinski definition) is 4. The molecule has 5 nitrogen and oxygen atoms in total. The highest BCUT2D eigenvalue weighted by molar-refractivity contribution is 9.10. The minimum atomic E-state index is 0.295. The van der Waals surface area contributed by atoms with Crippen molar-refractivity contribution in [2.75, 3.05) is 50.7 Å². The molecule has 0 unspecified atom stereocenters. The summed E-state index contributed by atoms with van der Waals surface area (Å²) in [6.45, 7) is 8.28. The van der Waals surface area contributed by atoms with Crippen molar-refractivity contribution in [1.82, 2.24) is 14.8 Å². The van der Waals surface area contributed by atoms with Gasteiger partial charge in [0, 0.05) is 49.9 Å². The number of rotatable bonds is 3. The minimum absolute atomic E-state index is 0.295. The maximum atomic E-state index is 12.2. The number of amides is 1. The fraction of sp³-hybridized carbons (Fsp3) is 0.625. The molecule has 0 bridgehead atoms. The number of anilines is 1. The van der Waals surface area contributed by atoms with Crippen LogP contribution in [0.25, 0.3) is 0 Å². The monoisotopic (exact) mass is 366 g/mol. The normalized spacial score (nSPS) is 19.7. The average Bonchev–Trinajstić information content (AvgIpc) is 3.03. The molecule has 0 radical (unpaired) electrons. The van der Waals surface area contributed by atoms with Gasteiger partial charge < -0.3 is 9.80 Å². The molecule has 2 saturated heterocycles. The first-order valence-corrected chi connectivity index (χ1v) is 8.80. The molecule has 22 heavy (non-hydrogen) atoms. The van der Waals surface area contributed by atoms with Gasteiger partial charge in [0.1, 0.15) is 5.82 Å². The van der Waals surface area contributed by atoms with E-state index in [0.717, 1.165) is 62.4 Å². The highest BCUT2D eigenvalue weighted by Crippen LogP contribution is 2.21. The molecular formula is C16H23BrN4O. The van der Waals surface area contributed by atoms with E-state index in [1.807, 2.05) is 11.1 Å². The van der Waals surface area contributed by atoms with E-state index in [1.54, 1.807) is 0 Å². The van der Waals surface area contributed by atoms with Gasteiger partial charge in [-0.25, -0.2) is 4.98 Å². The van der Waals surface area contributed by atoms with Crippen molar-refractivity contribution in [2.45, 2.75) is 19.8 Å². The Morgan fingerprint density at radius 1 is 1.18 bits per heavy atom. The molecule has 0 aliphatic carbocycles. The van der Waals surface area contributed by atoms with Crippen molar-refractivity contribution in [3.05, 3.63) is 22.3 Å². The summed E-state index contributed by atoms with van der Waals surface area (Å²) in [7, 11) is 0. The second kappa shape index (κ2) is 6.96. The minimum Gasteiger partial charge on any atom is -0.354 e. The number of aryl methyl sites for hydroxylation is 1. The molecule has 0 spiro atoms. The summed E-state index contributed by atoms with van der Waals surface area (Å²) >= 11 is 3.46. The number of aromatic nitrogens is 1. The highest BCUT2D eigenvalue weighted by atomic mass is 79.9. The Labute approximate surface area is 140 Å². The van der Waals surface area contributed by atoms with Crippen LogP contribution in [0.3, 0.4) is 0 Å². The Balaban J connectivity index is 1.52. The Hall–Kier alpha value is -1.14. The van der Waals surface area contributed by atoms with Crippen LogP contribution in [0.4, 0.5) is 5.82 Å². The van der Waals surface area contributed by atoms with Crippen molar-refractivity contribution >= 4 is 27.7 Å². The van der Waals surface area contributed by atoms with Gasteiger partial charge in [-0.15, -0.1) is 0 Å². The molecule has 3 rings (SSSR count). The number of likely N-dealkylation sites (tertiary alicyclic amines) is 1. The zero-order chi connectivity index (χ0) is 15.5. The van der Waals surface area contributed by atoms with E-state index in [-0.39, 0.29) is 0 Å². The maximum Gasteiger partial charge on any atom is 0.236 e. The van der Waals surface area contributed by atoms with Crippen LogP contribution in [-0.4, -0.2) is 66.5 Å². The molecule has 6 heteroatoms. The van der Waals surface area contributed by atoms with Crippen molar-refractivity contribution in [3.8, 4) is 0 Å². The Morgan fingerprint density at radius 2 is 1.86 bits per heavy atom. The molecule has 0 aromatic carbocycles. The van der Waals surface area contributed by atoms with E-state index in [1.165, 1.54) is 5.56 Å². The first-order chi connectivity index (χ1) is 10.6. The number of halogens is 1. The second-order valence-corrected chi connectivity index (χ2v) is 7.06. The van der Waals surface area contributed by atoms with Crippen LogP contribution >= 0.6 is 15.9 Å². The summed E-state index contributed by atoms with van der Waals surface area (Å²) in [6, 6.07) is 2.10. The third kappa shape index (κ3) is 3.60. The lowest BCUT2D eigenvalue weighted by atomic mass is 10.2. The zero-order valence-electron chi connectivity index (χ0n) is 13.1. The van der Waals surface area contributed by atoms with Crippen molar-refractivity contribution in [1.29, 1.82) is 0 Å². The Kier molecular flexibility index (Phi) is 4.98. The summed E-state index contributed by atoms with van der Waals surface area (Å²) in [5.41, 5.74) is 1.19. The van der Waals surface area contributed by atoms with Crippen LogP contribution in [-0.2, 0) is 4.79 Å². The molecule has 0 N–H and O–H groups in total. The summed E-state index contributed by atoms with van der Waals surface area (Å²) in [5.74, 6) is 1.36. The first kappa shape index (κ1) is 15.7. The van der Waals surface area contributed by atoms with Gasteiger partial charge >= 0.3 is 0 Å². The van der Waals surface area contributed by atoms with Crippen LogP contribution in [0.1, 0.15) is 18.4 Å². The quantitative estimate of drug-likeness (QED) is 0.818. The van der Waals surface area contributed by atoms with Gasteiger partial charge in [0.05, 0.1) is 6.54 Å². The van der Waals surface area contributed by atoms with Crippen LogP contribution in [0.5, 0.6) is 0 Å².